The molecular weight excluding hydrogens is 480 g/mol. The Bertz CT molecular complexity index is 1030. The van der Waals surface area contributed by atoms with Crippen LogP contribution in [0.1, 0.15) is 106 Å². The molecule has 0 aromatic heterocycles. The van der Waals surface area contributed by atoms with Gasteiger partial charge in [0.05, 0.1) is 12.4 Å². The molecule has 3 N–H and O–H groups in total. The number of fused-ring (bicyclic) bond motifs is 5. The predicted octanol–water partition coefficient (Wildman–Crippen LogP) is 5.65. The summed E-state index contributed by atoms with van der Waals surface area (Å²) in [6.07, 6.45) is 12.5. The Morgan fingerprint density at radius 3 is 2.43 bits per heavy atom. The summed E-state index contributed by atoms with van der Waals surface area (Å²) in [7, 11) is -3.15. The third kappa shape index (κ3) is 4.89. The number of aliphatic hydroxyl groups is 1. The normalized spacial score (nSPS) is 49.6. The van der Waals surface area contributed by atoms with Gasteiger partial charge >= 0.3 is 0 Å². The largest absolute Gasteiger partial charge is 0.391 e. The van der Waals surface area contributed by atoms with E-state index in [4.69, 9.17) is 0 Å². The van der Waals surface area contributed by atoms with Crippen LogP contribution in [0.3, 0.4) is 0 Å². The van der Waals surface area contributed by atoms with Crippen LogP contribution in [0.2, 0.25) is 0 Å². The van der Waals surface area contributed by atoms with Crippen LogP contribution in [0.15, 0.2) is 11.1 Å². The first kappa shape index (κ1) is 28.1. The van der Waals surface area contributed by atoms with E-state index in [1.165, 1.54) is 38.4 Å². The number of nitrogens with one attached hydrogen (secondary N) is 2. The van der Waals surface area contributed by atoms with Gasteiger partial charge in [-0.2, -0.15) is 0 Å². The lowest BCUT2D eigenvalue weighted by Crippen LogP contribution is -2.55. The second kappa shape index (κ2) is 9.59. The molecule has 6 heteroatoms. The molecule has 0 radical (unpaired) electrons. The third-order valence-corrected chi connectivity index (χ3v) is 13.6. The van der Waals surface area contributed by atoms with Gasteiger partial charge < -0.3 is 10.4 Å². The van der Waals surface area contributed by atoms with Crippen molar-refractivity contribution >= 4 is 10.0 Å². The van der Waals surface area contributed by atoms with Gasteiger partial charge in [-0.25, -0.2) is 13.1 Å². The number of rotatable bonds is 4. The Balaban J connectivity index is 1.37. The summed E-state index contributed by atoms with van der Waals surface area (Å²) in [6, 6.07) is 0.310. The zero-order valence-corrected chi connectivity index (χ0v) is 25.4. The maximum atomic E-state index is 11.9. The average Bonchev–Trinajstić information content (AvgIpc) is 3.03. The van der Waals surface area contributed by atoms with Crippen molar-refractivity contribution in [3.05, 3.63) is 11.1 Å². The fourth-order valence-corrected chi connectivity index (χ4v) is 11.3. The van der Waals surface area contributed by atoms with Crippen LogP contribution in [0.25, 0.3) is 0 Å². The number of hydrogen-bond acceptors (Lipinski definition) is 4. The van der Waals surface area contributed by atoms with E-state index in [-0.39, 0.29) is 23.6 Å². The van der Waals surface area contributed by atoms with Gasteiger partial charge in [0.25, 0.3) is 0 Å². The molecule has 1 aliphatic heterocycles. The molecule has 5 nitrogen and oxygen atoms in total. The smallest absolute Gasteiger partial charge is 0.208 e. The lowest BCUT2D eigenvalue weighted by molar-refractivity contribution is -0.0843. The van der Waals surface area contributed by atoms with Crippen LogP contribution in [-0.2, 0) is 10.0 Å². The summed E-state index contributed by atoms with van der Waals surface area (Å²) in [4.78, 5) is 0. The van der Waals surface area contributed by atoms with Crippen molar-refractivity contribution in [2.75, 3.05) is 12.8 Å². The van der Waals surface area contributed by atoms with Gasteiger partial charge in [-0.3, -0.25) is 0 Å². The highest BCUT2D eigenvalue weighted by Gasteiger charge is 2.62. The fourth-order valence-electron chi connectivity index (χ4n) is 10.5. The summed E-state index contributed by atoms with van der Waals surface area (Å²) in [5.74, 6) is 3.00. The Morgan fingerprint density at radius 2 is 1.76 bits per heavy atom. The summed E-state index contributed by atoms with van der Waals surface area (Å²) in [5, 5.41) is 14.7. The minimum absolute atomic E-state index is 0.110. The Labute approximate surface area is 227 Å². The van der Waals surface area contributed by atoms with Gasteiger partial charge in [0.2, 0.25) is 10.0 Å². The maximum absolute atomic E-state index is 11.9. The molecule has 4 aliphatic carbocycles. The van der Waals surface area contributed by atoms with E-state index in [1.54, 1.807) is 11.1 Å². The number of allylic oxidation sites excluding steroid dienone is 2. The van der Waals surface area contributed by atoms with Crippen molar-refractivity contribution in [2.24, 2.45) is 45.8 Å². The molecule has 4 fully saturated rings. The summed E-state index contributed by atoms with van der Waals surface area (Å²) in [5.41, 5.74) is 4.28. The van der Waals surface area contributed by atoms with E-state index in [0.29, 0.717) is 40.4 Å². The van der Waals surface area contributed by atoms with Crippen molar-refractivity contribution in [3.8, 4) is 0 Å². The molecule has 5 aliphatic rings. The topological polar surface area (TPSA) is 78.4 Å². The molecule has 37 heavy (non-hydrogen) atoms. The molecule has 212 valence electrons. The molecule has 5 rings (SSSR count). The molecule has 3 saturated carbocycles. The van der Waals surface area contributed by atoms with Crippen LogP contribution in [0.5, 0.6) is 0 Å². The number of aliphatic hydroxyl groups excluding tert-OH is 1. The summed E-state index contributed by atoms with van der Waals surface area (Å²) in [6.45, 7) is 15.8. The molecule has 0 aromatic carbocycles. The second-order valence-electron chi connectivity index (χ2n) is 15.2. The van der Waals surface area contributed by atoms with Gasteiger partial charge in [0, 0.05) is 12.1 Å². The molecule has 0 spiro atoms. The Morgan fingerprint density at radius 1 is 1.05 bits per heavy atom. The van der Waals surface area contributed by atoms with Crippen LogP contribution in [0, 0.1) is 45.8 Å². The number of sulfonamides is 1. The first-order chi connectivity index (χ1) is 17.2. The number of hydrogen-bond donors (Lipinski definition) is 3. The third-order valence-electron chi connectivity index (χ3n) is 12.8. The van der Waals surface area contributed by atoms with Gasteiger partial charge in [-0.05, 0) is 124 Å². The minimum Gasteiger partial charge on any atom is -0.391 e. The minimum atomic E-state index is -3.15. The van der Waals surface area contributed by atoms with Crippen molar-refractivity contribution in [1.82, 2.24) is 10.0 Å². The van der Waals surface area contributed by atoms with Crippen molar-refractivity contribution in [1.29, 1.82) is 0 Å². The molecular formula is C31H54N2O3S. The van der Waals surface area contributed by atoms with Crippen molar-refractivity contribution in [3.63, 3.8) is 0 Å². The van der Waals surface area contributed by atoms with Gasteiger partial charge in [-0.15, -0.1) is 0 Å². The quantitative estimate of drug-likeness (QED) is 0.407. The van der Waals surface area contributed by atoms with Crippen LogP contribution < -0.4 is 10.0 Å². The van der Waals surface area contributed by atoms with E-state index in [2.05, 4.69) is 51.6 Å². The van der Waals surface area contributed by atoms with Gasteiger partial charge in [0.15, 0.2) is 0 Å². The molecule has 0 aromatic rings. The first-order valence-electron chi connectivity index (χ1n) is 15.2. The molecule has 0 amide bonds. The van der Waals surface area contributed by atoms with E-state index < -0.39 is 10.0 Å². The lowest BCUT2D eigenvalue weighted by Gasteiger charge is -2.58. The molecule has 1 heterocycles. The zero-order valence-electron chi connectivity index (χ0n) is 24.6. The fraction of sp³-hybridized carbons (Fsp3) is 0.935. The summed E-state index contributed by atoms with van der Waals surface area (Å²) < 4.78 is 26.8. The van der Waals surface area contributed by atoms with E-state index in [0.717, 1.165) is 38.6 Å². The van der Waals surface area contributed by atoms with Crippen molar-refractivity contribution in [2.45, 2.75) is 124 Å². The maximum Gasteiger partial charge on any atom is 0.208 e. The Kier molecular flexibility index (Phi) is 7.29. The van der Waals surface area contributed by atoms with E-state index >= 15 is 0 Å². The van der Waals surface area contributed by atoms with E-state index in [1.807, 2.05) is 0 Å². The standard InChI is InChI=1S/C31H54N2O3S/c1-19-14-26(34)28(32-18-19)21(3)29(4)11-10-25-24(20(2)17-29)16-27-30(5)13-9-23(33-37(7,35)36)15-22(30)8-12-31(25,27)6/h19,21-23,25-28,32-34H,8-18H2,1-7H3/t19-,21+,22+,23+,25+,26?,27+,28-,29+,30-,31-/m0/s1. The van der Waals surface area contributed by atoms with Crippen LogP contribution >= 0.6 is 0 Å². The zero-order chi connectivity index (χ0) is 27.0. The van der Waals surface area contributed by atoms with Gasteiger partial charge in [0.1, 0.15) is 0 Å². The number of piperidine rings is 1. The molecule has 1 unspecified atom stereocenters. The van der Waals surface area contributed by atoms with Gasteiger partial charge in [-0.1, -0.05) is 45.8 Å². The predicted molar refractivity (Wildman–Crippen MR) is 152 cm³/mol. The highest BCUT2D eigenvalue weighted by molar-refractivity contribution is 7.88. The second-order valence-corrected chi connectivity index (χ2v) is 17.0. The SMILES string of the molecule is CC1=C2C[C@@H]3[C@@]4(C)CC[C@@H](NS(C)(=O)=O)C[C@H]4CC[C@@]3(C)[C@@H]2CC[C@@](C)([C@H](C)[C@@H]2NC[C@@H](C)CC2O)C1. The lowest BCUT2D eigenvalue weighted by atomic mass is 9.47. The molecule has 11 atom stereocenters. The van der Waals surface area contributed by atoms with Crippen LogP contribution in [-0.4, -0.2) is 44.5 Å². The summed E-state index contributed by atoms with van der Waals surface area (Å²) >= 11 is 0. The van der Waals surface area contributed by atoms with E-state index in [9.17, 15) is 13.5 Å². The molecule has 0 bridgehead atoms. The Hall–Kier alpha value is -0.430. The monoisotopic (exact) mass is 534 g/mol. The van der Waals surface area contributed by atoms with Crippen LogP contribution in [0.4, 0.5) is 0 Å². The first-order valence-corrected chi connectivity index (χ1v) is 17.1. The highest BCUT2D eigenvalue weighted by Crippen LogP contribution is 2.70. The van der Waals surface area contributed by atoms with Crippen molar-refractivity contribution < 1.29 is 13.5 Å². The average molecular weight is 535 g/mol. The highest BCUT2D eigenvalue weighted by atomic mass is 32.2. The molecule has 1 saturated heterocycles.